The van der Waals surface area contributed by atoms with E-state index >= 15 is 0 Å². The predicted octanol–water partition coefficient (Wildman–Crippen LogP) is 1.87. The fraction of sp³-hybridized carbons (Fsp3) is 0.0588. The van der Waals surface area contributed by atoms with Crippen LogP contribution in [-0.2, 0) is 0 Å². The number of nitrogen functional groups attached to an aromatic ring is 1. The number of hydrogen-bond donors (Lipinski definition) is 1. The first kappa shape index (κ1) is 16.3. The molecule has 23 heavy (non-hydrogen) atoms. The van der Waals surface area contributed by atoms with Gasteiger partial charge in [0.25, 0.3) is 0 Å². The molecule has 0 fully saturated rings. The van der Waals surface area contributed by atoms with Crippen molar-refractivity contribution in [2.24, 2.45) is 0 Å². The van der Waals surface area contributed by atoms with Gasteiger partial charge in [-0.15, -0.1) is 0 Å². The van der Waals surface area contributed by atoms with E-state index < -0.39 is 0 Å². The molecule has 0 saturated carbocycles. The number of anilines is 1. The highest BCUT2D eigenvalue weighted by atomic mass is 16.5. The van der Waals surface area contributed by atoms with Crippen LogP contribution in [-0.4, -0.2) is 27.9 Å². The number of hydrogen-bond acceptors (Lipinski definition) is 4. The van der Waals surface area contributed by atoms with Gasteiger partial charge in [-0.05, 0) is 24.3 Å². The third kappa shape index (κ3) is 3.07. The van der Waals surface area contributed by atoms with E-state index in [-0.39, 0.29) is 17.1 Å². The summed E-state index contributed by atoms with van der Waals surface area (Å²) >= 11 is 0. The predicted molar refractivity (Wildman–Crippen MR) is 88.0 cm³/mol. The Morgan fingerprint density at radius 3 is 2.35 bits per heavy atom. The van der Waals surface area contributed by atoms with Gasteiger partial charge in [0.05, 0.1) is 7.11 Å². The molecule has 0 aliphatic rings. The summed E-state index contributed by atoms with van der Waals surface area (Å²) in [5.74, 6) is 0.795. The second kappa shape index (κ2) is 6.76. The number of carbonyl (C=O) groups excluding carboxylic acids is 1. The SMILES string of the molecule is COc1ccc(-n2cnc(N)c2C(=O)c2ccccc2)cc1.O. The highest BCUT2D eigenvalue weighted by Crippen LogP contribution is 2.22. The molecular weight excluding hydrogens is 294 g/mol. The first-order valence-electron chi connectivity index (χ1n) is 6.77. The van der Waals surface area contributed by atoms with E-state index in [1.807, 2.05) is 42.5 Å². The number of methoxy groups -OCH3 is 1. The molecule has 3 aromatic rings. The second-order valence-corrected chi connectivity index (χ2v) is 4.74. The minimum Gasteiger partial charge on any atom is -0.497 e. The van der Waals surface area contributed by atoms with E-state index in [4.69, 9.17) is 10.5 Å². The Kier molecular flexibility index (Phi) is 4.78. The molecule has 3 rings (SSSR count). The molecular formula is C17H17N3O3. The van der Waals surface area contributed by atoms with Crippen LogP contribution in [0.2, 0.25) is 0 Å². The zero-order valence-corrected chi connectivity index (χ0v) is 12.6. The van der Waals surface area contributed by atoms with Gasteiger partial charge in [0.1, 0.15) is 17.8 Å². The van der Waals surface area contributed by atoms with Gasteiger partial charge in [0.15, 0.2) is 5.82 Å². The molecule has 4 N–H and O–H groups in total. The van der Waals surface area contributed by atoms with Gasteiger partial charge in [-0.25, -0.2) is 4.98 Å². The fourth-order valence-corrected chi connectivity index (χ4v) is 2.25. The molecule has 0 amide bonds. The summed E-state index contributed by atoms with van der Waals surface area (Å²) in [6.45, 7) is 0. The van der Waals surface area contributed by atoms with Crippen LogP contribution in [0.3, 0.4) is 0 Å². The minimum absolute atomic E-state index is 0. The average molecular weight is 311 g/mol. The van der Waals surface area contributed by atoms with Crippen molar-refractivity contribution in [3.8, 4) is 11.4 Å². The van der Waals surface area contributed by atoms with Crippen molar-refractivity contribution in [1.29, 1.82) is 0 Å². The maximum Gasteiger partial charge on any atom is 0.213 e. The van der Waals surface area contributed by atoms with Crippen molar-refractivity contribution in [2.45, 2.75) is 0 Å². The molecule has 1 heterocycles. The van der Waals surface area contributed by atoms with Crippen LogP contribution in [0.15, 0.2) is 60.9 Å². The number of ketones is 1. The number of carbonyl (C=O) groups is 1. The Bertz CT molecular complexity index is 796. The number of ether oxygens (including phenoxy) is 1. The quantitative estimate of drug-likeness (QED) is 0.743. The van der Waals surface area contributed by atoms with Gasteiger partial charge in [-0.1, -0.05) is 30.3 Å². The molecule has 6 nitrogen and oxygen atoms in total. The second-order valence-electron chi connectivity index (χ2n) is 4.74. The number of benzene rings is 2. The third-order valence-electron chi connectivity index (χ3n) is 3.40. The van der Waals surface area contributed by atoms with Crippen LogP contribution in [0, 0.1) is 0 Å². The molecule has 0 saturated heterocycles. The Balaban J connectivity index is 0.00000192. The lowest BCUT2D eigenvalue weighted by atomic mass is 10.1. The largest absolute Gasteiger partial charge is 0.497 e. The summed E-state index contributed by atoms with van der Waals surface area (Å²) in [6, 6.07) is 16.4. The molecule has 0 bridgehead atoms. The van der Waals surface area contributed by atoms with Crippen molar-refractivity contribution < 1.29 is 15.0 Å². The maximum atomic E-state index is 12.7. The topological polar surface area (TPSA) is 102 Å². The highest BCUT2D eigenvalue weighted by molar-refractivity contribution is 6.10. The summed E-state index contributed by atoms with van der Waals surface area (Å²) in [4.78, 5) is 16.8. The lowest BCUT2D eigenvalue weighted by Gasteiger charge is -2.09. The van der Waals surface area contributed by atoms with Crippen molar-refractivity contribution in [2.75, 3.05) is 12.8 Å². The van der Waals surface area contributed by atoms with Crippen LogP contribution in [0.25, 0.3) is 5.69 Å². The molecule has 0 aliphatic carbocycles. The number of aromatic nitrogens is 2. The zero-order valence-electron chi connectivity index (χ0n) is 12.6. The zero-order chi connectivity index (χ0) is 15.5. The smallest absolute Gasteiger partial charge is 0.213 e. The molecule has 1 aromatic heterocycles. The van der Waals surface area contributed by atoms with Crippen molar-refractivity contribution in [3.63, 3.8) is 0 Å². The third-order valence-corrected chi connectivity index (χ3v) is 3.40. The lowest BCUT2D eigenvalue weighted by molar-refractivity contribution is 0.103. The molecule has 0 atom stereocenters. The minimum atomic E-state index is -0.161. The number of nitrogens with two attached hydrogens (primary N) is 1. The van der Waals surface area contributed by atoms with Gasteiger partial charge >= 0.3 is 0 Å². The Labute approximate surface area is 133 Å². The van der Waals surface area contributed by atoms with Crippen LogP contribution in [0.5, 0.6) is 5.75 Å². The van der Waals surface area contributed by atoms with Crippen molar-refractivity contribution in [1.82, 2.24) is 9.55 Å². The molecule has 0 radical (unpaired) electrons. The average Bonchev–Trinajstić information content (AvgIpc) is 2.96. The van der Waals surface area contributed by atoms with E-state index in [0.29, 0.717) is 11.3 Å². The van der Waals surface area contributed by atoms with Gasteiger partial charge < -0.3 is 15.9 Å². The molecule has 0 spiro atoms. The lowest BCUT2D eigenvalue weighted by Crippen LogP contribution is -2.10. The standard InChI is InChI=1S/C17H15N3O2.H2O/c1-22-14-9-7-13(8-10-14)20-11-19-17(18)15(20)16(21)12-5-3-2-4-6-12;/h2-11H,18H2,1H3;1H2. The summed E-state index contributed by atoms with van der Waals surface area (Å²) in [6.07, 6.45) is 1.55. The van der Waals surface area contributed by atoms with Crippen LogP contribution >= 0.6 is 0 Å². The summed E-state index contributed by atoms with van der Waals surface area (Å²) < 4.78 is 6.83. The van der Waals surface area contributed by atoms with E-state index in [9.17, 15) is 4.79 Å². The maximum absolute atomic E-state index is 12.7. The van der Waals surface area contributed by atoms with Crippen LogP contribution in [0.1, 0.15) is 16.1 Å². The fourth-order valence-electron chi connectivity index (χ4n) is 2.25. The van der Waals surface area contributed by atoms with E-state index in [1.54, 1.807) is 30.1 Å². The van der Waals surface area contributed by atoms with Crippen LogP contribution in [0.4, 0.5) is 5.82 Å². The molecule has 0 aliphatic heterocycles. The van der Waals surface area contributed by atoms with Gasteiger partial charge in [0, 0.05) is 11.3 Å². The van der Waals surface area contributed by atoms with Crippen molar-refractivity contribution >= 4 is 11.6 Å². The summed E-state index contributed by atoms with van der Waals surface area (Å²) in [5.41, 5.74) is 7.62. The first-order valence-corrected chi connectivity index (χ1v) is 6.77. The normalized spacial score (nSPS) is 9.96. The molecule has 6 heteroatoms. The van der Waals surface area contributed by atoms with Gasteiger partial charge in [0.2, 0.25) is 5.78 Å². The number of nitrogens with zero attached hydrogens (tertiary/aromatic N) is 2. The number of rotatable bonds is 4. The van der Waals surface area contributed by atoms with Crippen molar-refractivity contribution in [3.05, 3.63) is 72.2 Å². The molecule has 2 aromatic carbocycles. The van der Waals surface area contributed by atoms with Gasteiger partial charge in [-0.3, -0.25) is 9.36 Å². The number of imidazole rings is 1. The highest BCUT2D eigenvalue weighted by Gasteiger charge is 2.19. The first-order chi connectivity index (χ1) is 10.7. The molecule has 118 valence electrons. The molecule has 0 unspecified atom stereocenters. The van der Waals surface area contributed by atoms with E-state index in [2.05, 4.69) is 4.98 Å². The Hall–Kier alpha value is -3.12. The summed E-state index contributed by atoms with van der Waals surface area (Å²) in [5, 5.41) is 0. The monoisotopic (exact) mass is 311 g/mol. The van der Waals surface area contributed by atoms with E-state index in [1.165, 1.54) is 0 Å². The van der Waals surface area contributed by atoms with E-state index in [0.717, 1.165) is 11.4 Å². The Morgan fingerprint density at radius 1 is 1.09 bits per heavy atom. The van der Waals surface area contributed by atoms with Gasteiger partial charge in [-0.2, -0.15) is 0 Å². The Morgan fingerprint density at radius 2 is 1.74 bits per heavy atom. The van der Waals surface area contributed by atoms with Crippen LogP contribution < -0.4 is 10.5 Å². The summed E-state index contributed by atoms with van der Waals surface area (Å²) in [7, 11) is 1.61.